The number of piperidine rings is 1. The van der Waals surface area contributed by atoms with Crippen molar-refractivity contribution in [3.8, 4) is 0 Å². The first-order chi connectivity index (χ1) is 8.24. The van der Waals surface area contributed by atoms with Crippen LogP contribution in [0.5, 0.6) is 0 Å². The van der Waals surface area contributed by atoms with Gasteiger partial charge in [0.15, 0.2) is 0 Å². The Morgan fingerprint density at radius 3 is 3.06 bits per heavy atom. The van der Waals surface area contributed by atoms with Crippen molar-refractivity contribution in [2.75, 3.05) is 46.9 Å². The summed E-state index contributed by atoms with van der Waals surface area (Å²) in [5.74, 6) is 0.106. The molecule has 0 aromatic carbocycles. The van der Waals surface area contributed by atoms with Crippen molar-refractivity contribution in [2.24, 2.45) is 0 Å². The predicted molar refractivity (Wildman–Crippen MR) is 68.0 cm³/mol. The summed E-state index contributed by atoms with van der Waals surface area (Å²) in [5.41, 5.74) is 0. The van der Waals surface area contributed by atoms with E-state index in [9.17, 15) is 4.79 Å². The Balaban J connectivity index is 2.11. The monoisotopic (exact) mass is 243 g/mol. The molecule has 0 aromatic heterocycles. The fourth-order valence-corrected chi connectivity index (χ4v) is 2.07. The topological polar surface area (TPSA) is 53.6 Å². The van der Waals surface area contributed by atoms with Crippen LogP contribution in [0.1, 0.15) is 19.3 Å². The SMILES string of the molecule is COCCCNC(=O)CN(C)C1CCCNC1. The Morgan fingerprint density at radius 1 is 1.59 bits per heavy atom. The molecule has 1 unspecified atom stereocenters. The summed E-state index contributed by atoms with van der Waals surface area (Å²) in [7, 11) is 3.69. The van der Waals surface area contributed by atoms with E-state index in [2.05, 4.69) is 15.5 Å². The highest BCUT2D eigenvalue weighted by Crippen LogP contribution is 2.07. The van der Waals surface area contributed by atoms with E-state index in [4.69, 9.17) is 4.74 Å². The molecule has 5 heteroatoms. The van der Waals surface area contributed by atoms with Crippen LogP contribution in [0, 0.1) is 0 Å². The molecule has 0 bridgehead atoms. The van der Waals surface area contributed by atoms with Crippen molar-refractivity contribution in [3.63, 3.8) is 0 Å². The van der Waals surface area contributed by atoms with Gasteiger partial charge < -0.3 is 15.4 Å². The van der Waals surface area contributed by atoms with Gasteiger partial charge in [0.25, 0.3) is 0 Å². The summed E-state index contributed by atoms with van der Waals surface area (Å²) in [4.78, 5) is 13.8. The maximum atomic E-state index is 11.6. The number of methoxy groups -OCH3 is 1. The minimum atomic E-state index is 0.106. The van der Waals surface area contributed by atoms with Gasteiger partial charge in [-0.2, -0.15) is 0 Å². The number of carbonyl (C=O) groups excluding carboxylic acids is 1. The number of hydrogen-bond acceptors (Lipinski definition) is 4. The molecule has 1 amide bonds. The third-order valence-electron chi connectivity index (χ3n) is 3.13. The van der Waals surface area contributed by atoms with Gasteiger partial charge in [-0.3, -0.25) is 9.69 Å². The van der Waals surface area contributed by atoms with E-state index in [-0.39, 0.29) is 5.91 Å². The van der Waals surface area contributed by atoms with Gasteiger partial charge in [-0.15, -0.1) is 0 Å². The molecule has 100 valence electrons. The van der Waals surface area contributed by atoms with Crippen LogP contribution in [0.25, 0.3) is 0 Å². The van der Waals surface area contributed by atoms with Crippen LogP contribution >= 0.6 is 0 Å². The van der Waals surface area contributed by atoms with Gasteiger partial charge in [0.2, 0.25) is 5.91 Å². The minimum Gasteiger partial charge on any atom is -0.385 e. The number of rotatable bonds is 7. The second kappa shape index (κ2) is 8.44. The van der Waals surface area contributed by atoms with Crippen molar-refractivity contribution in [1.29, 1.82) is 0 Å². The lowest BCUT2D eigenvalue weighted by molar-refractivity contribution is -0.122. The minimum absolute atomic E-state index is 0.106. The first-order valence-corrected chi connectivity index (χ1v) is 6.40. The zero-order valence-corrected chi connectivity index (χ0v) is 11.0. The lowest BCUT2D eigenvalue weighted by Gasteiger charge is -2.31. The van der Waals surface area contributed by atoms with Crippen molar-refractivity contribution in [2.45, 2.75) is 25.3 Å². The van der Waals surface area contributed by atoms with Crippen molar-refractivity contribution >= 4 is 5.91 Å². The molecule has 0 spiro atoms. The van der Waals surface area contributed by atoms with E-state index < -0.39 is 0 Å². The molecule has 2 N–H and O–H groups in total. The number of hydrogen-bond donors (Lipinski definition) is 2. The number of amides is 1. The molecule has 17 heavy (non-hydrogen) atoms. The number of carbonyl (C=O) groups is 1. The van der Waals surface area contributed by atoms with E-state index in [0.29, 0.717) is 25.7 Å². The summed E-state index contributed by atoms with van der Waals surface area (Å²) in [6.07, 6.45) is 3.25. The van der Waals surface area contributed by atoms with E-state index >= 15 is 0 Å². The second-order valence-corrected chi connectivity index (χ2v) is 4.61. The smallest absolute Gasteiger partial charge is 0.234 e. The zero-order chi connectivity index (χ0) is 12.5. The van der Waals surface area contributed by atoms with Crippen molar-refractivity contribution in [3.05, 3.63) is 0 Å². The van der Waals surface area contributed by atoms with Crippen LogP contribution in [0.4, 0.5) is 0 Å². The predicted octanol–water partition coefficient (Wildman–Crippen LogP) is -0.177. The van der Waals surface area contributed by atoms with Crippen LogP contribution in [0.3, 0.4) is 0 Å². The van der Waals surface area contributed by atoms with Crippen molar-refractivity contribution < 1.29 is 9.53 Å². The molecule has 1 fully saturated rings. The maximum absolute atomic E-state index is 11.6. The lowest BCUT2D eigenvalue weighted by atomic mass is 10.1. The molecule has 1 rings (SSSR count). The molecular formula is C12H25N3O2. The highest BCUT2D eigenvalue weighted by molar-refractivity contribution is 5.77. The standard InChI is InChI=1S/C12H25N3O2/c1-15(11-5-3-6-13-9-11)10-12(16)14-7-4-8-17-2/h11,13H,3-10H2,1-2H3,(H,14,16). The number of likely N-dealkylation sites (N-methyl/N-ethyl adjacent to an activating group) is 1. The molecule has 1 aliphatic heterocycles. The first-order valence-electron chi connectivity index (χ1n) is 6.40. The van der Waals surface area contributed by atoms with Gasteiger partial charge in [0, 0.05) is 32.8 Å². The number of nitrogens with zero attached hydrogens (tertiary/aromatic N) is 1. The first kappa shape index (κ1) is 14.4. The fourth-order valence-electron chi connectivity index (χ4n) is 2.07. The van der Waals surface area contributed by atoms with Crippen LogP contribution in [-0.2, 0) is 9.53 Å². The zero-order valence-electron chi connectivity index (χ0n) is 11.0. The maximum Gasteiger partial charge on any atom is 0.234 e. The quantitative estimate of drug-likeness (QED) is 0.609. The average Bonchev–Trinajstić information content (AvgIpc) is 2.36. The Morgan fingerprint density at radius 2 is 2.41 bits per heavy atom. The fraction of sp³-hybridized carbons (Fsp3) is 0.917. The molecular weight excluding hydrogens is 218 g/mol. The molecule has 1 atom stereocenters. The summed E-state index contributed by atoms with van der Waals surface area (Å²) < 4.78 is 4.93. The van der Waals surface area contributed by atoms with Crippen LogP contribution in [-0.4, -0.2) is 63.8 Å². The number of nitrogens with one attached hydrogen (secondary N) is 2. The van der Waals surface area contributed by atoms with Gasteiger partial charge >= 0.3 is 0 Å². The van der Waals surface area contributed by atoms with Gasteiger partial charge in [-0.05, 0) is 32.9 Å². The third-order valence-corrected chi connectivity index (χ3v) is 3.13. The molecule has 0 aliphatic carbocycles. The molecule has 1 heterocycles. The Kier molecular flexibility index (Phi) is 7.16. The molecule has 5 nitrogen and oxygen atoms in total. The summed E-state index contributed by atoms with van der Waals surface area (Å²) in [6.45, 7) is 3.98. The summed E-state index contributed by atoms with van der Waals surface area (Å²) >= 11 is 0. The molecule has 0 radical (unpaired) electrons. The second-order valence-electron chi connectivity index (χ2n) is 4.61. The molecule has 0 aromatic rings. The van der Waals surface area contributed by atoms with E-state index in [1.165, 1.54) is 12.8 Å². The van der Waals surface area contributed by atoms with Gasteiger partial charge in [-0.25, -0.2) is 0 Å². The summed E-state index contributed by atoms with van der Waals surface area (Å²) in [5, 5.41) is 6.27. The largest absolute Gasteiger partial charge is 0.385 e. The van der Waals surface area contributed by atoms with Crippen LogP contribution in [0.15, 0.2) is 0 Å². The number of ether oxygens (including phenoxy) is 1. The van der Waals surface area contributed by atoms with Gasteiger partial charge in [-0.1, -0.05) is 0 Å². The van der Waals surface area contributed by atoms with Gasteiger partial charge in [0.1, 0.15) is 0 Å². The average molecular weight is 243 g/mol. The Labute approximate surface area is 104 Å². The molecule has 0 saturated carbocycles. The van der Waals surface area contributed by atoms with Crippen molar-refractivity contribution in [1.82, 2.24) is 15.5 Å². The third kappa shape index (κ3) is 6.00. The van der Waals surface area contributed by atoms with Crippen LogP contribution < -0.4 is 10.6 Å². The Bertz CT molecular complexity index is 218. The summed E-state index contributed by atoms with van der Waals surface area (Å²) in [6, 6.07) is 0.494. The normalized spacial score (nSPS) is 20.5. The molecule has 1 aliphatic rings. The Hall–Kier alpha value is -0.650. The van der Waals surface area contributed by atoms with E-state index in [0.717, 1.165) is 19.5 Å². The highest BCUT2D eigenvalue weighted by Gasteiger charge is 2.19. The molecule has 1 saturated heterocycles. The van der Waals surface area contributed by atoms with E-state index in [1.807, 2.05) is 7.05 Å². The highest BCUT2D eigenvalue weighted by atomic mass is 16.5. The van der Waals surface area contributed by atoms with Gasteiger partial charge in [0.05, 0.1) is 6.54 Å². The van der Waals surface area contributed by atoms with E-state index in [1.54, 1.807) is 7.11 Å². The van der Waals surface area contributed by atoms with Crippen LogP contribution in [0.2, 0.25) is 0 Å². The lowest BCUT2D eigenvalue weighted by Crippen LogP contribution is -2.47.